The van der Waals surface area contributed by atoms with Gasteiger partial charge in [-0.1, -0.05) is 36.4 Å². The second-order valence-corrected chi connectivity index (χ2v) is 6.24. The van der Waals surface area contributed by atoms with Gasteiger partial charge in [-0.2, -0.15) is 5.10 Å². The van der Waals surface area contributed by atoms with E-state index in [0.29, 0.717) is 22.4 Å². The van der Waals surface area contributed by atoms with E-state index in [0.717, 1.165) is 6.08 Å². The van der Waals surface area contributed by atoms with E-state index in [1.165, 1.54) is 36.0 Å². The fraction of sp³-hybridized carbons (Fsp3) is 0. The Morgan fingerprint density at radius 1 is 0.968 bits per heavy atom. The Labute approximate surface area is 177 Å². The summed E-state index contributed by atoms with van der Waals surface area (Å²) in [6.07, 6.45) is 3.93. The van der Waals surface area contributed by atoms with Gasteiger partial charge in [0.25, 0.3) is 11.8 Å². The molecule has 3 N–H and O–H groups in total. The maximum absolute atomic E-state index is 14.0. The van der Waals surface area contributed by atoms with E-state index in [1.807, 2.05) is 6.07 Å². The summed E-state index contributed by atoms with van der Waals surface area (Å²) in [4.78, 5) is 23.3. The van der Waals surface area contributed by atoms with Gasteiger partial charge in [0.05, 0.1) is 6.21 Å². The lowest BCUT2D eigenvalue weighted by Crippen LogP contribution is -2.17. The number of hydroxylamine groups is 1. The average molecular weight is 419 g/mol. The highest BCUT2D eigenvalue weighted by molar-refractivity contribution is 5.96. The van der Waals surface area contributed by atoms with Crippen LogP contribution in [0.25, 0.3) is 6.08 Å². The highest BCUT2D eigenvalue weighted by Crippen LogP contribution is 2.24. The summed E-state index contributed by atoms with van der Waals surface area (Å²) in [5, 5.41) is 12.4. The molecule has 0 spiro atoms. The van der Waals surface area contributed by atoms with Crippen molar-refractivity contribution in [3.8, 4) is 11.5 Å². The first-order valence-corrected chi connectivity index (χ1v) is 9.13. The Balaban J connectivity index is 1.65. The fourth-order valence-electron chi connectivity index (χ4n) is 2.52. The van der Waals surface area contributed by atoms with Crippen molar-refractivity contribution >= 4 is 24.1 Å². The molecule has 0 radical (unpaired) electrons. The number of carbonyl (C=O) groups is 2. The van der Waals surface area contributed by atoms with Crippen LogP contribution < -0.4 is 15.6 Å². The van der Waals surface area contributed by atoms with Gasteiger partial charge in [-0.3, -0.25) is 14.8 Å². The Kier molecular flexibility index (Phi) is 7.23. The van der Waals surface area contributed by atoms with Crippen LogP contribution in [0.3, 0.4) is 0 Å². The summed E-state index contributed by atoms with van der Waals surface area (Å²) in [6, 6.07) is 19.5. The van der Waals surface area contributed by atoms with Gasteiger partial charge in [0.1, 0.15) is 5.75 Å². The standard InChI is InChI=1S/C23H18FN3O4/c24-20-11-9-17(14-21(20)31-19-7-2-1-3-8-19)15-25-26-23(29)18-6-4-5-16(13-18)10-12-22(28)27-30/h1-15,30H,(H,26,29)(H,27,28)/b12-10+,25-15+. The topological polar surface area (TPSA) is 100 Å². The van der Waals surface area contributed by atoms with E-state index in [2.05, 4.69) is 10.5 Å². The van der Waals surface area contributed by atoms with Gasteiger partial charge in [0.2, 0.25) is 0 Å². The summed E-state index contributed by atoms with van der Waals surface area (Å²) >= 11 is 0. The van der Waals surface area contributed by atoms with Crippen LogP contribution in [-0.2, 0) is 4.79 Å². The van der Waals surface area contributed by atoms with Gasteiger partial charge >= 0.3 is 0 Å². The number of hydrogen-bond donors (Lipinski definition) is 3. The highest BCUT2D eigenvalue weighted by atomic mass is 19.1. The normalized spacial score (nSPS) is 10.9. The van der Waals surface area contributed by atoms with E-state index < -0.39 is 17.6 Å². The number of amides is 2. The lowest BCUT2D eigenvalue weighted by molar-refractivity contribution is -0.124. The third-order valence-electron chi connectivity index (χ3n) is 3.99. The number of hydrazone groups is 1. The molecule has 0 aliphatic rings. The van der Waals surface area contributed by atoms with Gasteiger partial charge in [0, 0.05) is 11.6 Å². The van der Waals surface area contributed by atoms with Crippen LogP contribution in [0, 0.1) is 5.82 Å². The zero-order valence-corrected chi connectivity index (χ0v) is 16.2. The summed E-state index contributed by atoms with van der Waals surface area (Å²) in [6.45, 7) is 0. The summed E-state index contributed by atoms with van der Waals surface area (Å²) in [5.41, 5.74) is 5.29. The largest absolute Gasteiger partial charge is 0.454 e. The van der Waals surface area contributed by atoms with E-state index in [9.17, 15) is 14.0 Å². The van der Waals surface area contributed by atoms with E-state index in [1.54, 1.807) is 48.5 Å². The quantitative estimate of drug-likeness (QED) is 0.234. The van der Waals surface area contributed by atoms with Crippen molar-refractivity contribution in [2.45, 2.75) is 0 Å². The number of hydrogen-bond acceptors (Lipinski definition) is 5. The molecule has 3 aromatic rings. The molecule has 156 valence electrons. The molecule has 0 saturated carbocycles. The van der Waals surface area contributed by atoms with E-state index in [-0.39, 0.29) is 5.75 Å². The summed E-state index contributed by atoms with van der Waals surface area (Å²) in [5.74, 6) is -1.15. The molecule has 3 aromatic carbocycles. The monoisotopic (exact) mass is 419 g/mol. The fourth-order valence-corrected chi connectivity index (χ4v) is 2.52. The second-order valence-electron chi connectivity index (χ2n) is 6.24. The predicted octanol–water partition coefficient (Wildman–Crippen LogP) is 3.90. The molecular formula is C23H18FN3O4. The first-order chi connectivity index (χ1) is 15.0. The zero-order chi connectivity index (χ0) is 22.1. The molecule has 2 amide bonds. The molecule has 0 heterocycles. The Hall–Kier alpha value is -4.30. The van der Waals surface area contributed by atoms with Gasteiger partial charge in [-0.15, -0.1) is 0 Å². The minimum Gasteiger partial charge on any atom is -0.454 e. The smallest absolute Gasteiger partial charge is 0.271 e. The maximum atomic E-state index is 14.0. The van der Waals surface area contributed by atoms with Crippen LogP contribution in [0.4, 0.5) is 4.39 Å². The lowest BCUT2D eigenvalue weighted by atomic mass is 10.1. The average Bonchev–Trinajstić information content (AvgIpc) is 2.80. The molecule has 0 saturated heterocycles. The number of benzene rings is 3. The molecule has 7 nitrogen and oxygen atoms in total. The highest BCUT2D eigenvalue weighted by Gasteiger charge is 2.07. The molecule has 3 rings (SSSR count). The molecule has 0 aliphatic carbocycles. The van der Waals surface area contributed by atoms with Crippen LogP contribution >= 0.6 is 0 Å². The minimum atomic E-state index is -0.686. The molecule has 31 heavy (non-hydrogen) atoms. The SMILES string of the molecule is O=C(/C=C/c1cccc(C(=O)N/N=C/c2ccc(F)c(Oc3ccccc3)c2)c1)NO. The van der Waals surface area contributed by atoms with Crippen LogP contribution in [0.15, 0.2) is 84.0 Å². The summed E-state index contributed by atoms with van der Waals surface area (Å²) in [7, 11) is 0. The van der Waals surface area contributed by atoms with Crippen molar-refractivity contribution < 1.29 is 23.9 Å². The third-order valence-corrected chi connectivity index (χ3v) is 3.99. The number of ether oxygens (including phenoxy) is 1. The Morgan fingerprint density at radius 3 is 2.55 bits per heavy atom. The minimum absolute atomic E-state index is 0.0351. The number of para-hydroxylation sites is 1. The van der Waals surface area contributed by atoms with Gasteiger partial charge < -0.3 is 4.74 Å². The van der Waals surface area contributed by atoms with Gasteiger partial charge in [0.15, 0.2) is 11.6 Å². The predicted molar refractivity (Wildman–Crippen MR) is 113 cm³/mol. The molecule has 0 unspecified atom stereocenters. The van der Waals surface area contributed by atoms with Crippen molar-refractivity contribution in [2.24, 2.45) is 5.10 Å². The van der Waals surface area contributed by atoms with E-state index >= 15 is 0 Å². The molecular weight excluding hydrogens is 401 g/mol. The van der Waals surface area contributed by atoms with Gasteiger partial charge in [-0.05, 0) is 53.6 Å². The first kappa shape index (κ1) is 21.4. The summed E-state index contributed by atoms with van der Waals surface area (Å²) < 4.78 is 19.5. The number of nitrogens with one attached hydrogen (secondary N) is 2. The van der Waals surface area contributed by atoms with Crippen molar-refractivity contribution in [1.29, 1.82) is 0 Å². The van der Waals surface area contributed by atoms with Crippen molar-refractivity contribution in [2.75, 3.05) is 0 Å². The van der Waals surface area contributed by atoms with Crippen molar-refractivity contribution in [3.05, 3.63) is 101 Å². The number of rotatable bonds is 7. The Morgan fingerprint density at radius 2 is 1.77 bits per heavy atom. The van der Waals surface area contributed by atoms with Crippen LogP contribution in [0.1, 0.15) is 21.5 Å². The number of nitrogens with zero attached hydrogens (tertiary/aromatic N) is 1. The number of halogens is 1. The first-order valence-electron chi connectivity index (χ1n) is 9.13. The molecule has 0 aliphatic heterocycles. The van der Waals surface area contributed by atoms with Crippen LogP contribution in [-0.4, -0.2) is 23.2 Å². The molecule has 0 fully saturated rings. The zero-order valence-electron chi connectivity index (χ0n) is 16.2. The Bertz CT molecular complexity index is 1130. The van der Waals surface area contributed by atoms with Crippen molar-refractivity contribution in [3.63, 3.8) is 0 Å². The molecule has 8 heteroatoms. The van der Waals surface area contributed by atoms with Gasteiger partial charge in [-0.25, -0.2) is 15.3 Å². The number of carbonyl (C=O) groups excluding carboxylic acids is 2. The van der Waals surface area contributed by atoms with Crippen molar-refractivity contribution in [1.82, 2.24) is 10.9 Å². The molecule has 0 atom stereocenters. The lowest BCUT2D eigenvalue weighted by Gasteiger charge is -2.07. The van der Waals surface area contributed by atoms with Crippen LogP contribution in [0.5, 0.6) is 11.5 Å². The third kappa shape index (κ3) is 6.34. The van der Waals surface area contributed by atoms with Crippen LogP contribution in [0.2, 0.25) is 0 Å². The molecule has 0 bridgehead atoms. The maximum Gasteiger partial charge on any atom is 0.271 e. The molecule has 0 aromatic heterocycles. The second kappa shape index (κ2) is 10.5. The van der Waals surface area contributed by atoms with E-state index in [4.69, 9.17) is 9.94 Å².